The lowest BCUT2D eigenvalue weighted by Crippen LogP contribution is -2.19. The van der Waals surface area contributed by atoms with Gasteiger partial charge in [0.1, 0.15) is 5.90 Å². The third-order valence-corrected chi connectivity index (χ3v) is 9.17. The average molecular weight is 344 g/mol. The minimum absolute atomic E-state index is 0.309. The monoisotopic (exact) mass is 344 g/mol. The van der Waals surface area contributed by atoms with Crippen LogP contribution in [0, 0.1) is 0 Å². The van der Waals surface area contributed by atoms with Crippen LogP contribution in [0.5, 0.6) is 0 Å². The molecule has 21 heavy (non-hydrogen) atoms. The first-order chi connectivity index (χ1) is 9.44. The van der Waals surface area contributed by atoms with Gasteiger partial charge in [-0.15, -0.1) is 0 Å². The fourth-order valence-electron chi connectivity index (χ4n) is 1.73. The molecular formula is C13H30O6P2. The summed E-state index contributed by atoms with van der Waals surface area (Å²) in [6, 6.07) is 0. The molecule has 0 heterocycles. The Hall–Kier alpha value is 0.300. The van der Waals surface area contributed by atoms with E-state index in [0.29, 0.717) is 0 Å². The van der Waals surface area contributed by atoms with Crippen LogP contribution in [0.3, 0.4) is 0 Å². The number of aliphatic hydroxyl groups is 1. The highest BCUT2D eigenvalue weighted by Gasteiger charge is 2.42. The lowest BCUT2D eigenvalue weighted by molar-refractivity contribution is 0.144. The Labute approximate surface area is 128 Å². The smallest absolute Gasteiger partial charge is 0.340 e. The van der Waals surface area contributed by atoms with Crippen LogP contribution >= 0.6 is 15.0 Å². The van der Waals surface area contributed by atoms with E-state index in [-0.39, 0.29) is 30.8 Å². The van der Waals surface area contributed by atoms with Gasteiger partial charge < -0.3 is 18.7 Å². The predicted octanol–water partition coefficient (Wildman–Crippen LogP) is 4.07. The van der Waals surface area contributed by atoms with Gasteiger partial charge in [0.15, 0.2) is 0 Å². The van der Waals surface area contributed by atoms with Gasteiger partial charge in [-0.05, 0) is 41.5 Å². The lowest BCUT2D eigenvalue weighted by Gasteiger charge is -2.30. The maximum absolute atomic E-state index is 13.0. The molecule has 6 nitrogen and oxygen atoms in total. The molecule has 0 bridgehead atoms. The minimum atomic E-state index is -3.58. The van der Waals surface area contributed by atoms with Gasteiger partial charge in [-0.25, -0.2) is 0 Å². The van der Waals surface area contributed by atoms with E-state index in [0.717, 1.165) is 0 Å². The summed E-state index contributed by atoms with van der Waals surface area (Å²) >= 11 is 0. The van der Waals surface area contributed by atoms with Gasteiger partial charge in [0.25, 0.3) is 0 Å². The van der Waals surface area contributed by atoms with E-state index in [4.69, 9.17) is 13.6 Å². The van der Waals surface area contributed by atoms with Crippen molar-refractivity contribution in [1.82, 2.24) is 0 Å². The SMILES string of the molecule is CC(C)OP(=O)(CP(=O)(OC(C)C)C(C)CO)OC(C)C. The van der Waals surface area contributed by atoms with Gasteiger partial charge >= 0.3 is 7.60 Å². The second-order valence-electron chi connectivity index (χ2n) is 5.97. The van der Waals surface area contributed by atoms with Gasteiger partial charge in [-0.3, -0.25) is 9.13 Å². The molecule has 0 saturated heterocycles. The molecule has 0 saturated carbocycles. The van der Waals surface area contributed by atoms with Crippen LogP contribution in [0.1, 0.15) is 48.5 Å². The molecule has 0 aliphatic heterocycles. The lowest BCUT2D eigenvalue weighted by atomic mass is 10.5. The molecule has 0 aliphatic rings. The molecule has 8 heteroatoms. The maximum atomic E-state index is 13.0. The maximum Gasteiger partial charge on any atom is 0.340 e. The number of rotatable bonds is 10. The molecule has 0 spiro atoms. The molecule has 2 unspecified atom stereocenters. The normalized spacial score (nSPS) is 17.5. The van der Waals surface area contributed by atoms with Crippen molar-refractivity contribution < 1.29 is 27.8 Å². The van der Waals surface area contributed by atoms with Gasteiger partial charge in [-0.1, -0.05) is 6.92 Å². The van der Waals surface area contributed by atoms with E-state index in [9.17, 15) is 14.2 Å². The van der Waals surface area contributed by atoms with Crippen molar-refractivity contribution in [2.45, 2.75) is 72.4 Å². The highest BCUT2D eigenvalue weighted by molar-refractivity contribution is 7.74. The second kappa shape index (κ2) is 8.81. The molecular weight excluding hydrogens is 314 g/mol. The van der Waals surface area contributed by atoms with E-state index in [1.807, 2.05) is 0 Å². The molecule has 0 aromatic heterocycles. The van der Waals surface area contributed by atoms with Crippen LogP contribution in [-0.2, 0) is 22.7 Å². The Bertz CT molecular complexity index is 380. The third kappa shape index (κ3) is 7.92. The van der Waals surface area contributed by atoms with E-state index < -0.39 is 20.6 Å². The highest BCUT2D eigenvalue weighted by Crippen LogP contribution is 2.66. The zero-order chi connectivity index (χ0) is 16.8. The summed E-state index contributed by atoms with van der Waals surface area (Å²) < 4.78 is 42.2. The first kappa shape index (κ1) is 21.3. The fourth-order valence-corrected chi connectivity index (χ4v) is 8.08. The van der Waals surface area contributed by atoms with E-state index in [2.05, 4.69) is 0 Å². The van der Waals surface area contributed by atoms with Crippen LogP contribution in [-0.4, -0.2) is 41.6 Å². The summed E-state index contributed by atoms with van der Waals surface area (Å²) in [5.41, 5.74) is -0.625. The van der Waals surface area contributed by atoms with Crippen LogP contribution in [0.25, 0.3) is 0 Å². The molecule has 2 atom stereocenters. The Morgan fingerprint density at radius 1 is 0.810 bits per heavy atom. The third-order valence-electron chi connectivity index (χ3n) is 2.44. The topological polar surface area (TPSA) is 82.1 Å². The van der Waals surface area contributed by atoms with Crippen molar-refractivity contribution >= 4 is 15.0 Å². The van der Waals surface area contributed by atoms with E-state index >= 15 is 0 Å². The quantitative estimate of drug-likeness (QED) is 0.602. The highest BCUT2D eigenvalue weighted by atomic mass is 31.2. The van der Waals surface area contributed by atoms with Gasteiger partial charge in [0.2, 0.25) is 7.37 Å². The van der Waals surface area contributed by atoms with Crippen molar-refractivity contribution in [2.24, 2.45) is 0 Å². The zero-order valence-electron chi connectivity index (χ0n) is 14.1. The van der Waals surface area contributed by atoms with Gasteiger partial charge in [-0.2, -0.15) is 0 Å². The Balaban J connectivity index is 5.40. The Morgan fingerprint density at radius 3 is 1.48 bits per heavy atom. The first-order valence-corrected chi connectivity index (χ1v) is 10.9. The molecule has 0 fully saturated rings. The molecule has 128 valence electrons. The largest absolute Gasteiger partial charge is 0.396 e. The van der Waals surface area contributed by atoms with Gasteiger partial charge in [0, 0.05) is 0 Å². The van der Waals surface area contributed by atoms with Crippen molar-refractivity contribution in [3.63, 3.8) is 0 Å². The second-order valence-corrected chi connectivity index (χ2v) is 11.3. The van der Waals surface area contributed by atoms with Crippen molar-refractivity contribution in [3.05, 3.63) is 0 Å². The molecule has 1 N–H and O–H groups in total. The van der Waals surface area contributed by atoms with Crippen molar-refractivity contribution in [2.75, 3.05) is 12.5 Å². The molecule has 0 aliphatic carbocycles. The zero-order valence-corrected chi connectivity index (χ0v) is 15.9. The Kier molecular flexibility index (Phi) is 8.93. The average Bonchev–Trinajstić information content (AvgIpc) is 2.22. The standard InChI is InChI=1S/C13H30O6P2/c1-10(2)17-20(15,13(7)8-14)9-21(16,18-11(3)4)19-12(5)6/h10-14H,8-9H2,1-7H3. The molecule has 0 aromatic rings. The Morgan fingerprint density at radius 2 is 1.19 bits per heavy atom. The van der Waals surface area contributed by atoms with Crippen LogP contribution in [0.4, 0.5) is 0 Å². The molecule has 0 rings (SSSR count). The van der Waals surface area contributed by atoms with Gasteiger partial charge in [0.05, 0.1) is 30.6 Å². The van der Waals surface area contributed by atoms with Crippen LogP contribution in [0.2, 0.25) is 0 Å². The molecule has 0 amide bonds. The summed E-state index contributed by atoms with van der Waals surface area (Å²) in [5.74, 6) is -0.323. The number of aliphatic hydroxyl groups excluding tert-OH is 1. The summed E-state index contributed by atoms with van der Waals surface area (Å²) in [5, 5.41) is 9.32. The number of hydrogen-bond acceptors (Lipinski definition) is 6. The summed E-state index contributed by atoms with van der Waals surface area (Å²) in [6.45, 7) is 11.7. The summed E-state index contributed by atoms with van der Waals surface area (Å²) in [7, 11) is -6.94. The van der Waals surface area contributed by atoms with Crippen molar-refractivity contribution in [1.29, 1.82) is 0 Å². The van der Waals surface area contributed by atoms with E-state index in [1.54, 1.807) is 48.5 Å². The summed E-state index contributed by atoms with van der Waals surface area (Å²) in [4.78, 5) is 0. The summed E-state index contributed by atoms with van der Waals surface area (Å²) in [6.07, 6.45) is -0.964. The molecule has 0 radical (unpaired) electrons. The van der Waals surface area contributed by atoms with Crippen LogP contribution < -0.4 is 0 Å². The fraction of sp³-hybridized carbons (Fsp3) is 1.00. The molecule has 0 aromatic carbocycles. The minimum Gasteiger partial charge on any atom is -0.396 e. The first-order valence-electron chi connectivity index (χ1n) is 7.28. The number of hydrogen-bond donors (Lipinski definition) is 1. The van der Waals surface area contributed by atoms with Crippen LogP contribution in [0.15, 0.2) is 0 Å². The van der Waals surface area contributed by atoms with Crippen molar-refractivity contribution in [3.8, 4) is 0 Å². The predicted molar refractivity (Wildman–Crippen MR) is 85.3 cm³/mol. The van der Waals surface area contributed by atoms with E-state index in [1.165, 1.54) is 0 Å².